The monoisotopic (exact) mass is 369 g/mol. The highest BCUT2D eigenvalue weighted by molar-refractivity contribution is 6.33. The molecule has 0 amide bonds. The average Bonchev–Trinajstić information content (AvgIpc) is 3.19. The Morgan fingerprint density at radius 2 is 2.04 bits per heavy atom. The van der Waals surface area contributed by atoms with E-state index in [0.29, 0.717) is 28.2 Å². The Morgan fingerprint density at radius 1 is 1.19 bits per heavy atom. The van der Waals surface area contributed by atoms with Gasteiger partial charge in [0.15, 0.2) is 5.65 Å². The molecule has 0 bridgehead atoms. The van der Waals surface area contributed by atoms with Gasteiger partial charge in [-0.25, -0.2) is 9.97 Å². The third-order valence-electron chi connectivity index (χ3n) is 3.97. The number of fused-ring (bicyclic) bond motifs is 1. The molecular weight excluding hydrogens is 354 g/mol. The van der Waals surface area contributed by atoms with E-state index in [4.69, 9.17) is 25.5 Å². The second kappa shape index (κ2) is 6.38. The van der Waals surface area contributed by atoms with Gasteiger partial charge in [0.05, 0.1) is 29.7 Å². The van der Waals surface area contributed by atoms with Crippen molar-refractivity contribution in [3.63, 3.8) is 0 Å². The normalized spacial score (nSPS) is 11.1. The lowest BCUT2D eigenvalue weighted by Crippen LogP contribution is -1.90. The van der Waals surface area contributed by atoms with Crippen molar-refractivity contribution in [3.8, 4) is 28.8 Å². The minimum Gasteiger partial charge on any atom is -0.481 e. The van der Waals surface area contributed by atoms with Crippen LogP contribution in [-0.4, -0.2) is 21.5 Å². The Labute approximate surface area is 155 Å². The highest BCUT2D eigenvalue weighted by atomic mass is 35.5. The van der Waals surface area contributed by atoms with E-state index in [1.165, 1.54) is 0 Å². The second-order valence-corrected chi connectivity index (χ2v) is 6.30. The molecule has 4 heterocycles. The van der Waals surface area contributed by atoms with Crippen LogP contribution in [0.15, 0.2) is 47.3 Å². The highest BCUT2D eigenvalue weighted by Gasteiger charge is 2.16. The van der Waals surface area contributed by atoms with Crippen LogP contribution in [0.5, 0.6) is 17.6 Å². The van der Waals surface area contributed by atoms with E-state index >= 15 is 0 Å². The zero-order valence-electron chi connectivity index (χ0n) is 14.5. The van der Waals surface area contributed by atoms with Crippen LogP contribution in [0.4, 0.5) is 0 Å². The van der Waals surface area contributed by atoms with E-state index in [1.54, 1.807) is 31.7 Å². The zero-order chi connectivity index (χ0) is 18.3. The maximum Gasteiger partial charge on any atom is 0.290 e. The van der Waals surface area contributed by atoms with E-state index in [9.17, 15) is 0 Å². The molecular formula is C19H16ClN3O3. The van der Waals surface area contributed by atoms with Crippen molar-refractivity contribution in [1.29, 1.82) is 0 Å². The number of pyridine rings is 2. The van der Waals surface area contributed by atoms with Crippen molar-refractivity contribution in [2.45, 2.75) is 13.8 Å². The molecule has 0 fully saturated rings. The summed E-state index contributed by atoms with van der Waals surface area (Å²) in [5.74, 6) is 1.44. The van der Waals surface area contributed by atoms with Crippen LogP contribution in [0.25, 0.3) is 16.9 Å². The molecule has 0 radical (unpaired) electrons. The largest absolute Gasteiger partial charge is 0.481 e. The maximum absolute atomic E-state index is 6.32. The van der Waals surface area contributed by atoms with Gasteiger partial charge in [-0.05, 0) is 31.5 Å². The first-order valence-corrected chi connectivity index (χ1v) is 8.34. The van der Waals surface area contributed by atoms with Crippen molar-refractivity contribution < 1.29 is 13.9 Å². The fourth-order valence-electron chi connectivity index (χ4n) is 2.85. The van der Waals surface area contributed by atoms with Gasteiger partial charge < -0.3 is 13.9 Å². The lowest BCUT2D eigenvalue weighted by atomic mass is 10.2. The van der Waals surface area contributed by atoms with Gasteiger partial charge in [-0.15, -0.1) is 0 Å². The molecule has 0 saturated heterocycles. The smallest absolute Gasteiger partial charge is 0.290 e. The summed E-state index contributed by atoms with van der Waals surface area (Å²) < 4.78 is 18.3. The molecule has 6 nitrogen and oxygen atoms in total. The van der Waals surface area contributed by atoms with Gasteiger partial charge in [0.25, 0.3) is 5.95 Å². The van der Waals surface area contributed by atoms with Gasteiger partial charge in [-0.3, -0.25) is 4.40 Å². The predicted molar refractivity (Wildman–Crippen MR) is 98.2 cm³/mol. The Hall–Kier alpha value is -2.99. The van der Waals surface area contributed by atoms with Crippen LogP contribution in [0.3, 0.4) is 0 Å². The highest BCUT2D eigenvalue weighted by Crippen LogP contribution is 2.33. The maximum atomic E-state index is 6.32. The Bertz CT molecular complexity index is 1080. The van der Waals surface area contributed by atoms with Crippen molar-refractivity contribution in [2.75, 3.05) is 7.11 Å². The van der Waals surface area contributed by atoms with Gasteiger partial charge >= 0.3 is 0 Å². The predicted octanol–water partition coefficient (Wildman–Crippen LogP) is 5.06. The molecule has 4 rings (SSSR count). The summed E-state index contributed by atoms with van der Waals surface area (Å²) in [6.07, 6.45) is 5.21. The molecule has 26 heavy (non-hydrogen) atoms. The number of furan rings is 1. The number of halogens is 1. The molecule has 0 saturated carbocycles. The summed E-state index contributed by atoms with van der Waals surface area (Å²) in [5.41, 5.74) is 4.39. The van der Waals surface area contributed by atoms with Gasteiger partial charge in [0, 0.05) is 23.9 Å². The number of imidazole rings is 1. The molecule has 0 aliphatic rings. The molecule has 0 N–H and O–H groups in total. The zero-order valence-corrected chi connectivity index (χ0v) is 15.2. The molecule has 0 aliphatic carbocycles. The third-order valence-corrected chi connectivity index (χ3v) is 4.25. The molecule has 0 atom stereocenters. The number of methoxy groups -OCH3 is 1. The first kappa shape index (κ1) is 16.5. The molecule has 4 aromatic rings. The topological polar surface area (TPSA) is 61.8 Å². The number of aromatic nitrogens is 3. The molecule has 7 heteroatoms. The van der Waals surface area contributed by atoms with Crippen molar-refractivity contribution in [2.24, 2.45) is 0 Å². The van der Waals surface area contributed by atoms with Gasteiger partial charge in [-0.1, -0.05) is 11.6 Å². The lowest BCUT2D eigenvalue weighted by molar-refractivity contribution is 0.343. The Kier molecular flexibility index (Phi) is 4.05. The fourth-order valence-corrected chi connectivity index (χ4v) is 3.16. The Balaban J connectivity index is 1.69. The van der Waals surface area contributed by atoms with Gasteiger partial charge in [-0.2, -0.15) is 0 Å². The van der Waals surface area contributed by atoms with Crippen molar-refractivity contribution in [1.82, 2.24) is 14.4 Å². The summed E-state index contributed by atoms with van der Waals surface area (Å²) in [4.78, 5) is 8.67. The molecule has 0 spiro atoms. The molecule has 0 aromatic carbocycles. The summed E-state index contributed by atoms with van der Waals surface area (Å²) in [6, 6.07) is 7.19. The lowest BCUT2D eigenvalue weighted by Gasteiger charge is -2.03. The second-order valence-electron chi connectivity index (χ2n) is 5.90. The number of nitrogens with zero attached hydrogens (tertiary/aromatic N) is 3. The van der Waals surface area contributed by atoms with E-state index in [-0.39, 0.29) is 0 Å². The van der Waals surface area contributed by atoms with E-state index in [0.717, 1.165) is 22.5 Å². The minimum absolute atomic E-state index is 0.361. The van der Waals surface area contributed by atoms with E-state index in [2.05, 4.69) is 9.97 Å². The van der Waals surface area contributed by atoms with Crippen LogP contribution in [0.2, 0.25) is 5.02 Å². The van der Waals surface area contributed by atoms with Crippen LogP contribution in [0.1, 0.15) is 11.3 Å². The van der Waals surface area contributed by atoms with Crippen molar-refractivity contribution in [3.05, 3.63) is 59.2 Å². The van der Waals surface area contributed by atoms with Crippen molar-refractivity contribution >= 4 is 17.2 Å². The number of ether oxygens (including phenoxy) is 2. The fraction of sp³-hybridized carbons (Fsp3) is 0.158. The van der Waals surface area contributed by atoms with Gasteiger partial charge in [0.2, 0.25) is 5.88 Å². The average molecular weight is 370 g/mol. The third kappa shape index (κ3) is 2.88. The SMILES string of the molecule is COc1ccc(Oc2cc(-c3c(C)nc4c(Cl)cc(C)cn34)co2)cn1. The standard InChI is InChI=1S/C19H16ClN3O3/c1-11-6-15(20)19-22-12(2)18(23(19)9-11)13-7-17(25-10-13)26-14-4-5-16(24-3)21-8-14/h4-10H,1-3H3. The number of hydrogen-bond acceptors (Lipinski definition) is 5. The van der Waals surface area contributed by atoms with Crippen LogP contribution >= 0.6 is 11.6 Å². The number of aryl methyl sites for hydroxylation is 2. The van der Waals surface area contributed by atoms with E-state index < -0.39 is 0 Å². The Morgan fingerprint density at radius 3 is 2.77 bits per heavy atom. The van der Waals surface area contributed by atoms with Crippen LogP contribution in [-0.2, 0) is 0 Å². The molecule has 0 unspecified atom stereocenters. The summed E-state index contributed by atoms with van der Waals surface area (Å²) >= 11 is 6.32. The number of hydrogen-bond donors (Lipinski definition) is 0. The minimum atomic E-state index is 0.361. The first-order chi connectivity index (χ1) is 12.5. The molecule has 4 aromatic heterocycles. The quantitative estimate of drug-likeness (QED) is 0.503. The van der Waals surface area contributed by atoms with Gasteiger partial charge in [0.1, 0.15) is 12.0 Å². The molecule has 0 aliphatic heterocycles. The summed E-state index contributed by atoms with van der Waals surface area (Å²) in [6.45, 7) is 3.93. The number of rotatable bonds is 4. The van der Waals surface area contributed by atoms with Crippen LogP contribution in [0, 0.1) is 13.8 Å². The first-order valence-electron chi connectivity index (χ1n) is 7.97. The van der Waals surface area contributed by atoms with Crippen LogP contribution < -0.4 is 9.47 Å². The summed E-state index contributed by atoms with van der Waals surface area (Å²) in [7, 11) is 1.56. The summed E-state index contributed by atoms with van der Waals surface area (Å²) in [5, 5.41) is 0.614. The molecule has 132 valence electrons. The van der Waals surface area contributed by atoms with E-state index in [1.807, 2.05) is 36.6 Å².